The largest absolute Gasteiger partial charge is 0.307 e. The highest BCUT2D eigenvalue weighted by molar-refractivity contribution is 7.05. The summed E-state index contributed by atoms with van der Waals surface area (Å²) in [4.78, 5) is 1.28. The second-order valence-corrected chi connectivity index (χ2v) is 5.24. The molecule has 1 aliphatic rings. The lowest BCUT2D eigenvalue weighted by molar-refractivity contribution is 0.364. The van der Waals surface area contributed by atoms with E-state index < -0.39 is 0 Å². The Bertz CT molecular complexity index is 302. The topological polar surface area (TPSA) is 37.8 Å². The van der Waals surface area contributed by atoms with Gasteiger partial charge in [0.25, 0.3) is 0 Å². The molecular weight excluding hydrogens is 194 g/mol. The first-order valence-electron chi connectivity index (χ1n) is 5.22. The van der Waals surface area contributed by atoms with Crippen molar-refractivity contribution in [3.05, 3.63) is 10.6 Å². The molecule has 1 aromatic rings. The molecule has 0 spiro atoms. The summed E-state index contributed by atoms with van der Waals surface area (Å²) in [5, 5.41) is 7.64. The molecule has 4 heteroatoms. The lowest BCUT2D eigenvalue weighted by atomic mass is 10.0. The molecule has 0 saturated heterocycles. The highest BCUT2D eigenvalue weighted by Crippen LogP contribution is 2.29. The van der Waals surface area contributed by atoms with Gasteiger partial charge in [0.05, 0.1) is 10.6 Å². The summed E-state index contributed by atoms with van der Waals surface area (Å²) in [5.74, 6) is 0. The zero-order valence-corrected chi connectivity index (χ0v) is 9.65. The van der Waals surface area contributed by atoms with Crippen LogP contribution in [0.4, 0.5) is 0 Å². The van der Waals surface area contributed by atoms with Crippen molar-refractivity contribution in [3.63, 3.8) is 0 Å². The summed E-state index contributed by atoms with van der Waals surface area (Å²) < 4.78 is 3.94. The average molecular weight is 211 g/mol. The van der Waals surface area contributed by atoms with Crippen LogP contribution in [0.1, 0.15) is 43.2 Å². The molecule has 1 aromatic heterocycles. The first-order valence-corrected chi connectivity index (χ1v) is 6.00. The summed E-state index contributed by atoms with van der Waals surface area (Å²) in [6.45, 7) is 5.28. The molecule has 0 atom stereocenters. The van der Waals surface area contributed by atoms with Crippen LogP contribution in [0.25, 0.3) is 0 Å². The fourth-order valence-corrected chi connectivity index (χ4v) is 2.61. The Morgan fingerprint density at radius 1 is 1.43 bits per heavy atom. The van der Waals surface area contributed by atoms with Crippen LogP contribution < -0.4 is 5.32 Å². The van der Waals surface area contributed by atoms with Gasteiger partial charge in [-0.15, -0.1) is 5.10 Å². The molecule has 0 radical (unpaired) electrons. The van der Waals surface area contributed by atoms with Gasteiger partial charge in [-0.25, -0.2) is 0 Å². The van der Waals surface area contributed by atoms with Crippen LogP contribution in [-0.4, -0.2) is 15.1 Å². The first kappa shape index (κ1) is 10.1. The summed E-state index contributed by atoms with van der Waals surface area (Å²) >= 11 is 1.51. The van der Waals surface area contributed by atoms with Crippen LogP contribution in [0.5, 0.6) is 0 Å². The van der Waals surface area contributed by atoms with E-state index in [9.17, 15) is 0 Å². The predicted molar refractivity (Wildman–Crippen MR) is 58.4 cm³/mol. The maximum Gasteiger partial charge on any atom is 0.0769 e. The second kappa shape index (κ2) is 3.95. The Hall–Kier alpha value is -0.480. The molecule has 3 nitrogen and oxygen atoms in total. The van der Waals surface area contributed by atoms with Crippen molar-refractivity contribution >= 4 is 11.5 Å². The molecule has 1 N–H and O–H groups in total. The number of hydrogen-bond acceptors (Lipinski definition) is 4. The number of nitrogens with one attached hydrogen (secondary N) is 1. The Balaban J connectivity index is 1.91. The molecule has 14 heavy (non-hydrogen) atoms. The van der Waals surface area contributed by atoms with E-state index in [1.165, 1.54) is 42.1 Å². The van der Waals surface area contributed by atoms with Crippen molar-refractivity contribution in [2.45, 2.75) is 51.6 Å². The Morgan fingerprint density at radius 2 is 2.14 bits per heavy atom. The van der Waals surface area contributed by atoms with Gasteiger partial charge in [-0.05, 0) is 38.2 Å². The van der Waals surface area contributed by atoms with E-state index >= 15 is 0 Å². The highest BCUT2D eigenvalue weighted by Gasteiger charge is 2.27. The van der Waals surface area contributed by atoms with Gasteiger partial charge in [-0.1, -0.05) is 17.3 Å². The molecule has 1 aliphatic carbocycles. The van der Waals surface area contributed by atoms with Crippen LogP contribution in [0.3, 0.4) is 0 Å². The van der Waals surface area contributed by atoms with Crippen LogP contribution in [0.2, 0.25) is 0 Å². The number of rotatable bonds is 3. The fraction of sp³-hybridized carbons (Fsp3) is 0.800. The monoisotopic (exact) mass is 211 g/mol. The third-order valence-corrected chi connectivity index (χ3v) is 3.95. The standard InChI is InChI=1S/C10H17N3S/c1-8-9(14-13-12-8)7-11-10(2)5-3-4-6-10/h11H,3-7H2,1-2H3. The fourth-order valence-electron chi connectivity index (χ4n) is 2.04. The van der Waals surface area contributed by atoms with Gasteiger partial charge >= 0.3 is 0 Å². The van der Waals surface area contributed by atoms with Crippen molar-refractivity contribution in [1.82, 2.24) is 14.9 Å². The van der Waals surface area contributed by atoms with Crippen molar-refractivity contribution in [2.24, 2.45) is 0 Å². The maximum absolute atomic E-state index is 4.01. The summed E-state index contributed by atoms with van der Waals surface area (Å²) in [5.41, 5.74) is 1.43. The van der Waals surface area contributed by atoms with Gasteiger partial charge in [0.2, 0.25) is 0 Å². The lowest BCUT2D eigenvalue weighted by Gasteiger charge is -2.24. The SMILES string of the molecule is Cc1nnsc1CNC1(C)CCCC1. The van der Waals surface area contributed by atoms with E-state index in [-0.39, 0.29) is 0 Å². The van der Waals surface area contributed by atoms with Gasteiger partial charge < -0.3 is 5.32 Å². The quantitative estimate of drug-likeness (QED) is 0.833. The minimum Gasteiger partial charge on any atom is -0.307 e. The van der Waals surface area contributed by atoms with E-state index in [1.807, 2.05) is 6.92 Å². The van der Waals surface area contributed by atoms with E-state index in [0.29, 0.717) is 5.54 Å². The van der Waals surface area contributed by atoms with E-state index in [2.05, 4.69) is 21.8 Å². The molecule has 2 rings (SSSR count). The van der Waals surface area contributed by atoms with Crippen molar-refractivity contribution in [1.29, 1.82) is 0 Å². The van der Waals surface area contributed by atoms with E-state index in [0.717, 1.165) is 12.2 Å². The smallest absolute Gasteiger partial charge is 0.0769 e. The van der Waals surface area contributed by atoms with Gasteiger partial charge in [0.15, 0.2) is 0 Å². The van der Waals surface area contributed by atoms with Gasteiger partial charge in [0.1, 0.15) is 0 Å². The molecule has 0 aromatic carbocycles. The zero-order valence-electron chi connectivity index (χ0n) is 8.84. The molecular formula is C10H17N3S. The van der Waals surface area contributed by atoms with Crippen molar-refractivity contribution in [2.75, 3.05) is 0 Å². The first-order chi connectivity index (χ1) is 6.70. The Labute approximate surface area is 89.1 Å². The van der Waals surface area contributed by atoms with Gasteiger partial charge in [-0.2, -0.15) is 0 Å². The van der Waals surface area contributed by atoms with Crippen LogP contribution in [0.15, 0.2) is 0 Å². The van der Waals surface area contributed by atoms with Crippen molar-refractivity contribution < 1.29 is 0 Å². The van der Waals surface area contributed by atoms with Crippen LogP contribution in [-0.2, 0) is 6.54 Å². The van der Waals surface area contributed by atoms with Gasteiger partial charge in [-0.3, -0.25) is 0 Å². The predicted octanol–water partition coefficient (Wildman–Crippen LogP) is 2.27. The molecule has 0 amide bonds. The number of nitrogens with zero attached hydrogens (tertiary/aromatic N) is 2. The minimum atomic E-state index is 0.358. The molecule has 78 valence electrons. The average Bonchev–Trinajstić information content (AvgIpc) is 2.73. The van der Waals surface area contributed by atoms with Crippen LogP contribution >= 0.6 is 11.5 Å². The number of aromatic nitrogens is 2. The molecule has 0 unspecified atom stereocenters. The lowest BCUT2D eigenvalue weighted by Crippen LogP contribution is -2.38. The third kappa shape index (κ3) is 2.12. The Morgan fingerprint density at radius 3 is 2.71 bits per heavy atom. The highest BCUT2D eigenvalue weighted by atomic mass is 32.1. The molecule has 0 bridgehead atoms. The minimum absolute atomic E-state index is 0.358. The Kier molecular flexibility index (Phi) is 2.83. The van der Waals surface area contributed by atoms with Crippen LogP contribution in [0, 0.1) is 6.92 Å². The number of hydrogen-bond donors (Lipinski definition) is 1. The van der Waals surface area contributed by atoms with Gasteiger partial charge in [0, 0.05) is 12.1 Å². The maximum atomic E-state index is 4.01. The third-order valence-electron chi connectivity index (χ3n) is 3.13. The molecule has 1 saturated carbocycles. The molecule has 0 aliphatic heterocycles. The zero-order chi connectivity index (χ0) is 10.0. The van der Waals surface area contributed by atoms with Crippen molar-refractivity contribution in [3.8, 4) is 0 Å². The van der Waals surface area contributed by atoms with E-state index in [4.69, 9.17) is 0 Å². The normalized spacial score (nSPS) is 20.1. The summed E-state index contributed by atoms with van der Waals surface area (Å²) in [7, 11) is 0. The summed E-state index contributed by atoms with van der Waals surface area (Å²) in [6, 6.07) is 0. The summed E-state index contributed by atoms with van der Waals surface area (Å²) in [6.07, 6.45) is 5.34. The second-order valence-electron chi connectivity index (χ2n) is 4.40. The van der Waals surface area contributed by atoms with E-state index in [1.54, 1.807) is 0 Å². The molecule has 1 fully saturated rings. The molecule has 1 heterocycles. The number of aryl methyl sites for hydroxylation is 1.